The van der Waals surface area contributed by atoms with Gasteiger partial charge in [0.05, 0.1) is 13.2 Å². The smallest absolute Gasteiger partial charge is 0.191 e. The van der Waals surface area contributed by atoms with Crippen molar-refractivity contribution >= 4 is 29.9 Å². The predicted octanol–water partition coefficient (Wildman–Crippen LogP) is 0.834. The summed E-state index contributed by atoms with van der Waals surface area (Å²) in [6.45, 7) is 12.4. The zero-order chi connectivity index (χ0) is 15.6. The summed E-state index contributed by atoms with van der Waals surface area (Å²) >= 11 is 0. The molecular weight excluding hydrogens is 405 g/mol. The molecule has 7 heteroatoms. The molecule has 0 saturated carbocycles. The van der Waals surface area contributed by atoms with Gasteiger partial charge < -0.3 is 20.3 Å². The quantitative estimate of drug-likeness (QED) is 0.267. The Kier molecular flexibility index (Phi) is 11.2. The molecule has 0 aliphatic carbocycles. The first-order valence-corrected chi connectivity index (χ1v) is 8.78. The first-order valence-electron chi connectivity index (χ1n) is 8.78. The second-order valence-electron chi connectivity index (χ2n) is 6.37. The number of aliphatic imine (C=N–C) groups is 1. The molecule has 2 N–H and O–H groups in total. The highest BCUT2D eigenvalue weighted by atomic mass is 127. The van der Waals surface area contributed by atoms with Gasteiger partial charge in [-0.25, -0.2) is 0 Å². The average Bonchev–Trinajstić information content (AvgIpc) is 2.95. The molecular formula is C16H34IN5O. The maximum atomic E-state index is 5.37. The number of nitrogens with zero attached hydrogens (tertiary/aromatic N) is 3. The van der Waals surface area contributed by atoms with E-state index in [0.717, 1.165) is 64.9 Å². The fraction of sp³-hybridized carbons (Fsp3) is 0.938. The first kappa shape index (κ1) is 20.9. The van der Waals surface area contributed by atoms with Gasteiger partial charge in [-0.1, -0.05) is 0 Å². The van der Waals surface area contributed by atoms with Crippen LogP contribution >= 0.6 is 24.0 Å². The number of rotatable bonds is 7. The largest absolute Gasteiger partial charge is 0.379 e. The van der Waals surface area contributed by atoms with Crippen LogP contribution in [0.3, 0.4) is 0 Å². The van der Waals surface area contributed by atoms with Crippen LogP contribution in [0, 0.1) is 5.92 Å². The van der Waals surface area contributed by atoms with E-state index < -0.39 is 0 Å². The van der Waals surface area contributed by atoms with Gasteiger partial charge in [-0.3, -0.25) is 9.89 Å². The Morgan fingerprint density at radius 2 is 2.00 bits per heavy atom. The molecule has 2 saturated heterocycles. The fourth-order valence-electron chi connectivity index (χ4n) is 3.07. The number of hydrogen-bond acceptors (Lipinski definition) is 4. The lowest BCUT2D eigenvalue weighted by atomic mass is 10.1. The minimum Gasteiger partial charge on any atom is -0.379 e. The Morgan fingerprint density at radius 3 is 2.65 bits per heavy atom. The van der Waals surface area contributed by atoms with Crippen molar-refractivity contribution in [1.29, 1.82) is 0 Å². The highest BCUT2D eigenvalue weighted by Crippen LogP contribution is 2.14. The van der Waals surface area contributed by atoms with Crippen molar-refractivity contribution in [3.8, 4) is 0 Å². The number of morpholine rings is 1. The predicted molar refractivity (Wildman–Crippen MR) is 107 cm³/mol. The second-order valence-corrected chi connectivity index (χ2v) is 6.37. The van der Waals surface area contributed by atoms with E-state index in [1.807, 2.05) is 0 Å². The lowest BCUT2D eigenvalue weighted by molar-refractivity contribution is 0.0376. The Bertz CT molecular complexity index is 336. The highest BCUT2D eigenvalue weighted by molar-refractivity contribution is 14.0. The van der Waals surface area contributed by atoms with Crippen LogP contribution in [-0.2, 0) is 4.74 Å². The molecule has 6 nitrogen and oxygen atoms in total. The SMILES string of the molecule is CCNC(=NCC1CCN(C)C1)NCCCN1CCOCC1.I. The van der Waals surface area contributed by atoms with Crippen molar-refractivity contribution in [3.63, 3.8) is 0 Å². The fourth-order valence-corrected chi connectivity index (χ4v) is 3.07. The van der Waals surface area contributed by atoms with Crippen LogP contribution in [0.4, 0.5) is 0 Å². The second kappa shape index (κ2) is 12.3. The third kappa shape index (κ3) is 8.51. The lowest BCUT2D eigenvalue weighted by Crippen LogP contribution is -2.41. The van der Waals surface area contributed by atoms with Crippen molar-refractivity contribution in [2.75, 3.05) is 72.6 Å². The van der Waals surface area contributed by atoms with Crippen LogP contribution in [0.2, 0.25) is 0 Å². The zero-order valence-corrected chi connectivity index (χ0v) is 17.1. The van der Waals surface area contributed by atoms with E-state index in [1.165, 1.54) is 19.5 Å². The monoisotopic (exact) mass is 439 g/mol. The summed E-state index contributed by atoms with van der Waals surface area (Å²) in [5, 5.41) is 6.81. The number of hydrogen-bond donors (Lipinski definition) is 2. The number of guanidine groups is 1. The summed E-state index contributed by atoms with van der Waals surface area (Å²) in [6, 6.07) is 0. The maximum absolute atomic E-state index is 5.37. The molecule has 1 atom stereocenters. The molecule has 2 aliphatic heterocycles. The summed E-state index contributed by atoms with van der Waals surface area (Å²) in [5.41, 5.74) is 0. The average molecular weight is 439 g/mol. The van der Waals surface area contributed by atoms with Gasteiger partial charge in [0.15, 0.2) is 5.96 Å². The molecule has 2 heterocycles. The molecule has 0 amide bonds. The van der Waals surface area contributed by atoms with Crippen LogP contribution in [0.15, 0.2) is 4.99 Å². The van der Waals surface area contributed by atoms with Crippen molar-refractivity contribution in [1.82, 2.24) is 20.4 Å². The van der Waals surface area contributed by atoms with E-state index in [9.17, 15) is 0 Å². The van der Waals surface area contributed by atoms with Gasteiger partial charge in [-0.2, -0.15) is 0 Å². The summed E-state index contributed by atoms with van der Waals surface area (Å²) in [7, 11) is 2.19. The van der Waals surface area contributed by atoms with Crippen LogP contribution in [0.5, 0.6) is 0 Å². The summed E-state index contributed by atoms with van der Waals surface area (Å²) < 4.78 is 5.37. The molecule has 23 heavy (non-hydrogen) atoms. The number of halogens is 1. The molecule has 0 spiro atoms. The van der Waals surface area contributed by atoms with Gasteiger partial charge in [0.2, 0.25) is 0 Å². The number of likely N-dealkylation sites (tertiary alicyclic amines) is 1. The molecule has 0 bridgehead atoms. The van der Waals surface area contributed by atoms with Crippen molar-refractivity contribution in [3.05, 3.63) is 0 Å². The Labute approximate surface area is 158 Å². The van der Waals surface area contributed by atoms with Crippen LogP contribution < -0.4 is 10.6 Å². The minimum atomic E-state index is 0. The van der Waals surface area contributed by atoms with E-state index in [2.05, 4.69) is 34.4 Å². The van der Waals surface area contributed by atoms with Gasteiger partial charge in [0.1, 0.15) is 0 Å². The molecule has 2 aliphatic rings. The van der Waals surface area contributed by atoms with E-state index >= 15 is 0 Å². The van der Waals surface area contributed by atoms with Gasteiger partial charge >= 0.3 is 0 Å². The summed E-state index contributed by atoms with van der Waals surface area (Å²) in [4.78, 5) is 9.62. The normalized spacial score (nSPS) is 23.6. The minimum absolute atomic E-state index is 0. The van der Waals surface area contributed by atoms with Gasteiger partial charge in [0.25, 0.3) is 0 Å². The van der Waals surface area contributed by atoms with E-state index in [4.69, 9.17) is 9.73 Å². The van der Waals surface area contributed by atoms with Gasteiger partial charge in [-0.15, -0.1) is 24.0 Å². The lowest BCUT2D eigenvalue weighted by Gasteiger charge is -2.26. The number of nitrogens with one attached hydrogen (secondary N) is 2. The van der Waals surface area contributed by atoms with Gasteiger partial charge in [0, 0.05) is 39.3 Å². The van der Waals surface area contributed by atoms with Crippen LogP contribution in [0.1, 0.15) is 19.8 Å². The summed E-state index contributed by atoms with van der Waals surface area (Å²) in [5.74, 6) is 1.69. The molecule has 0 aromatic rings. The summed E-state index contributed by atoms with van der Waals surface area (Å²) in [6.07, 6.45) is 2.42. The molecule has 0 radical (unpaired) electrons. The standard InChI is InChI=1S/C16H33N5O.HI/c1-3-17-16(19-13-15-5-8-20(2)14-15)18-6-4-7-21-9-11-22-12-10-21;/h15H,3-14H2,1-2H3,(H2,17,18,19);1H. The third-order valence-electron chi connectivity index (χ3n) is 4.39. The topological polar surface area (TPSA) is 52.1 Å². The van der Waals surface area contributed by atoms with Crippen molar-refractivity contribution in [2.45, 2.75) is 19.8 Å². The first-order chi connectivity index (χ1) is 10.8. The van der Waals surface area contributed by atoms with Crippen molar-refractivity contribution < 1.29 is 4.74 Å². The molecule has 0 aromatic carbocycles. The molecule has 136 valence electrons. The van der Waals surface area contributed by atoms with Crippen molar-refractivity contribution in [2.24, 2.45) is 10.9 Å². The van der Waals surface area contributed by atoms with Crippen LogP contribution in [0.25, 0.3) is 0 Å². The molecule has 2 fully saturated rings. The maximum Gasteiger partial charge on any atom is 0.191 e. The Hall–Kier alpha value is -0.120. The Balaban J connectivity index is 0.00000264. The number of ether oxygens (including phenoxy) is 1. The zero-order valence-electron chi connectivity index (χ0n) is 14.7. The third-order valence-corrected chi connectivity index (χ3v) is 4.39. The van der Waals surface area contributed by atoms with Gasteiger partial charge in [-0.05, 0) is 45.8 Å². The molecule has 1 unspecified atom stereocenters. The molecule has 2 rings (SSSR count). The highest BCUT2D eigenvalue weighted by Gasteiger charge is 2.18. The van der Waals surface area contributed by atoms with Crippen LogP contribution in [-0.4, -0.2) is 88.4 Å². The van der Waals surface area contributed by atoms with E-state index in [1.54, 1.807) is 0 Å². The van der Waals surface area contributed by atoms with E-state index in [-0.39, 0.29) is 24.0 Å². The Morgan fingerprint density at radius 1 is 1.22 bits per heavy atom. The molecule has 0 aromatic heterocycles. The van der Waals surface area contributed by atoms with E-state index in [0.29, 0.717) is 5.92 Å².